The van der Waals surface area contributed by atoms with Gasteiger partial charge >= 0.3 is 6.18 Å². The van der Waals surface area contributed by atoms with Gasteiger partial charge < -0.3 is 10.3 Å². The number of nitrogens with zero attached hydrogens (tertiary/aromatic N) is 4. The van der Waals surface area contributed by atoms with Gasteiger partial charge in [0.2, 0.25) is 0 Å². The van der Waals surface area contributed by atoms with Crippen LogP contribution in [0.3, 0.4) is 0 Å². The summed E-state index contributed by atoms with van der Waals surface area (Å²) in [6.07, 6.45) is -0.733. The van der Waals surface area contributed by atoms with Gasteiger partial charge in [0.25, 0.3) is 0 Å². The zero-order chi connectivity index (χ0) is 20.9. The van der Waals surface area contributed by atoms with Gasteiger partial charge in [-0.3, -0.25) is 9.19 Å². The van der Waals surface area contributed by atoms with Crippen molar-refractivity contribution >= 4 is 51.0 Å². The molecule has 28 heavy (non-hydrogen) atoms. The van der Waals surface area contributed by atoms with E-state index in [1.165, 1.54) is 9.58 Å². The number of anilines is 1. The lowest BCUT2D eigenvalue weighted by Crippen LogP contribution is -2.37. The first-order chi connectivity index (χ1) is 13.1. The number of nitrogens with one attached hydrogen (secondary N) is 1. The average Bonchev–Trinajstić information content (AvgIpc) is 3.02. The summed E-state index contributed by atoms with van der Waals surface area (Å²) in [6, 6.07) is 3.51. The highest BCUT2D eigenvalue weighted by Crippen LogP contribution is 2.26. The molecule has 0 aliphatic carbocycles. The Labute approximate surface area is 172 Å². The maximum Gasteiger partial charge on any atom is 0.390 e. The first-order valence-electron chi connectivity index (χ1n) is 8.09. The van der Waals surface area contributed by atoms with Crippen LogP contribution in [0.2, 0.25) is 5.15 Å². The molecule has 1 atom stereocenters. The Balaban J connectivity index is 2.12. The topological polar surface area (TPSA) is 74.9 Å². The number of hydrogen-bond donors (Lipinski definition) is 1. The van der Waals surface area contributed by atoms with Crippen molar-refractivity contribution in [2.45, 2.75) is 19.5 Å². The molecule has 1 unspecified atom stereocenters. The Hall–Kier alpha value is -1.85. The minimum atomic E-state index is -4.39. The highest BCUT2D eigenvalue weighted by molar-refractivity contribution is 7.87. The molecule has 0 saturated carbocycles. The molecular formula is C16H17ClF3N5OS2. The first-order valence-corrected chi connectivity index (χ1v) is 10.4. The second-order valence-corrected chi connectivity index (χ2v) is 7.96. The molecule has 0 radical (unpaired) electrons. The van der Waals surface area contributed by atoms with Crippen LogP contribution in [0, 0.1) is 5.41 Å². The van der Waals surface area contributed by atoms with E-state index in [0.717, 1.165) is 0 Å². The fourth-order valence-electron chi connectivity index (χ4n) is 2.26. The van der Waals surface area contributed by atoms with Crippen molar-refractivity contribution in [3.63, 3.8) is 0 Å². The van der Waals surface area contributed by atoms with Gasteiger partial charge in [-0.1, -0.05) is 23.8 Å². The van der Waals surface area contributed by atoms with E-state index in [4.69, 9.17) is 29.2 Å². The molecule has 0 fully saturated rings. The second kappa shape index (κ2) is 9.57. The number of rotatable bonds is 8. The lowest BCUT2D eigenvalue weighted by Gasteiger charge is -2.22. The molecule has 1 N–H and O–H groups in total. The molecule has 0 aliphatic rings. The molecule has 0 amide bonds. The van der Waals surface area contributed by atoms with Crippen molar-refractivity contribution in [2.24, 2.45) is 0 Å². The summed E-state index contributed by atoms with van der Waals surface area (Å²) in [6.45, 7) is 2.12. The zero-order valence-corrected chi connectivity index (χ0v) is 17.1. The third-order valence-corrected chi connectivity index (χ3v) is 5.60. The van der Waals surface area contributed by atoms with Gasteiger partial charge in [0.05, 0.1) is 36.0 Å². The number of thiocarbonyl (C=S) groups is 1. The van der Waals surface area contributed by atoms with Crippen LogP contribution in [0.25, 0.3) is 5.69 Å². The summed E-state index contributed by atoms with van der Waals surface area (Å²) in [7, 11) is -1.84. The third-order valence-electron chi connectivity index (χ3n) is 3.59. The molecule has 6 nitrogen and oxygen atoms in total. The summed E-state index contributed by atoms with van der Waals surface area (Å²) in [5.41, 5.74) is 0.910. The van der Waals surface area contributed by atoms with Crippen molar-refractivity contribution in [1.82, 2.24) is 14.8 Å². The van der Waals surface area contributed by atoms with Crippen LogP contribution in [0.5, 0.6) is 0 Å². The van der Waals surface area contributed by atoms with Crippen LogP contribution in [0.1, 0.15) is 13.3 Å². The van der Waals surface area contributed by atoms with Crippen molar-refractivity contribution < 1.29 is 17.4 Å². The van der Waals surface area contributed by atoms with E-state index in [1.807, 2.05) is 0 Å². The molecule has 2 aromatic heterocycles. The standard InChI is InChI=1S/C16H17ClF3N5OS2/c1-2-24(15(27)12(21)10-28(26)7-5-16(18,19)20)13-9-25(23-14(13)17)11-4-3-6-22-8-11/h3-4,6,8-9,21H,2,5,7,10H2,1H3. The minimum absolute atomic E-state index is 0.0375. The average molecular weight is 452 g/mol. The third kappa shape index (κ3) is 6.08. The molecule has 0 aliphatic heterocycles. The Kier molecular flexibility index (Phi) is 7.67. The van der Waals surface area contributed by atoms with Crippen molar-refractivity contribution in [2.75, 3.05) is 23.0 Å². The summed E-state index contributed by atoms with van der Waals surface area (Å²) >= 11 is 11.5. The van der Waals surface area contributed by atoms with Crippen LogP contribution in [0.15, 0.2) is 30.7 Å². The zero-order valence-electron chi connectivity index (χ0n) is 14.7. The van der Waals surface area contributed by atoms with E-state index in [9.17, 15) is 17.4 Å². The summed E-state index contributed by atoms with van der Waals surface area (Å²) in [4.78, 5) is 5.57. The lowest BCUT2D eigenvalue weighted by atomic mass is 10.3. The molecule has 0 saturated heterocycles. The van der Waals surface area contributed by atoms with Gasteiger partial charge in [0.15, 0.2) is 5.15 Å². The van der Waals surface area contributed by atoms with E-state index in [-0.39, 0.29) is 21.6 Å². The highest BCUT2D eigenvalue weighted by atomic mass is 35.5. The molecule has 2 rings (SSSR count). The van der Waals surface area contributed by atoms with E-state index < -0.39 is 29.1 Å². The van der Waals surface area contributed by atoms with Crippen LogP contribution in [0.4, 0.5) is 18.9 Å². The highest BCUT2D eigenvalue weighted by Gasteiger charge is 2.28. The van der Waals surface area contributed by atoms with Crippen molar-refractivity contribution in [1.29, 1.82) is 5.41 Å². The number of hydrogen-bond acceptors (Lipinski definition) is 5. The Morgan fingerprint density at radius 2 is 2.18 bits per heavy atom. The van der Waals surface area contributed by atoms with E-state index >= 15 is 0 Å². The monoisotopic (exact) mass is 451 g/mol. The quantitative estimate of drug-likeness (QED) is 0.488. The first kappa shape index (κ1) is 22.4. The minimum Gasteiger partial charge on any atom is -0.328 e. The lowest BCUT2D eigenvalue weighted by molar-refractivity contribution is -0.129. The fourth-order valence-corrected chi connectivity index (χ4v) is 3.94. The maximum atomic E-state index is 12.3. The largest absolute Gasteiger partial charge is 0.390 e. The summed E-state index contributed by atoms with van der Waals surface area (Å²) in [5, 5.41) is 12.4. The summed E-state index contributed by atoms with van der Waals surface area (Å²) in [5.74, 6) is -0.930. The molecule has 0 aromatic carbocycles. The predicted molar refractivity (Wildman–Crippen MR) is 108 cm³/mol. The van der Waals surface area contributed by atoms with Crippen LogP contribution < -0.4 is 4.90 Å². The van der Waals surface area contributed by atoms with Gasteiger partial charge in [0.1, 0.15) is 10.7 Å². The Morgan fingerprint density at radius 3 is 2.75 bits per heavy atom. The van der Waals surface area contributed by atoms with E-state index in [0.29, 0.717) is 17.9 Å². The number of pyridine rings is 1. The number of halogens is 4. The molecule has 0 spiro atoms. The van der Waals surface area contributed by atoms with Crippen molar-refractivity contribution in [3.05, 3.63) is 35.9 Å². The molecule has 2 heterocycles. The molecule has 152 valence electrons. The van der Waals surface area contributed by atoms with Gasteiger partial charge in [-0.25, -0.2) is 4.68 Å². The van der Waals surface area contributed by atoms with Gasteiger partial charge in [-0.05, 0) is 19.1 Å². The smallest absolute Gasteiger partial charge is 0.328 e. The second-order valence-electron chi connectivity index (χ2n) is 5.64. The Bertz CT molecular complexity index is 873. The molecule has 2 aromatic rings. The van der Waals surface area contributed by atoms with E-state index in [1.54, 1.807) is 37.6 Å². The molecule has 12 heteroatoms. The number of aromatic nitrogens is 3. The van der Waals surface area contributed by atoms with Gasteiger partial charge in [0, 0.05) is 29.3 Å². The predicted octanol–water partition coefficient (Wildman–Crippen LogP) is 3.80. The maximum absolute atomic E-state index is 12.3. The number of alkyl halides is 3. The Morgan fingerprint density at radius 1 is 1.46 bits per heavy atom. The SMILES string of the molecule is CCN(C(=S)C(=N)CS(=O)CCC(F)(F)F)c1cn(-c2cccnc2)nc1Cl. The van der Waals surface area contributed by atoms with Crippen LogP contribution in [-0.4, -0.2) is 53.9 Å². The van der Waals surface area contributed by atoms with Crippen molar-refractivity contribution in [3.8, 4) is 5.69 Å². The molecular weight excluding hydrogens is 435 g/mol. The molecule has 0 bridgehead atoms. The van der Waals surface area contributed by atoms with Crippen LogP contribution in [-0.2, 0) is 10.8 Å². The summed E-state index contributed by atoms with van der Waals surface area (Å²) < 4.78 is 50.1. The van der Waals surface area contributed by atoms with Gasteiger partial charge in [-0.2, -0.15) is 18.3 Å². The van der Waals surface area contributed by atoms with E-state index in [2.05, 4.69) is 10.1 Å². The normalized spacial score (nSPS) is 12.6. The van der Waals surface area contributed by atoms with Crippen LogP contribution >= 0.6 is 23.8 Å². The fraction of sp³-hybridized carbons (Fsp3) is 0.375. The van der Waals surface area contributed by atoms with Gasteiger partial charge in [-0.15, -0.1) is 0 Å².